The van der Waals surface area contributed by atoms with E-state index in [4.69, 9.17) is 10.5 Å². The molecule has 2 aromatic carbocycles. The van der Waals surface area contributed by atoms with Crippen LogP contribution in [0.4, 0.5) is 19.0 Å². The molecule has 4 N–H and O–H groups in total. The molecule has 1 saturated heterocycles. The fraction of sp³-hybridized carbons (Fsp3) is 0.222. The molecule has 9 nitrogen and oxygen atoms in total. The SMILES string of the molecule is NC(=O)c1cc(N=C2CCNC2=O)nc(-c2ccc(Oc3ccc(C(F)(F)F)c(C4=CCNCC4)c3)cc2)n1. The quantitative estimate of drug-likeness (QED) is 0.436. The van der Waals surface area contributed by atoms with Gasteiger partial charge in [-0.15, -0.1) is 0 Å². The van der Waals surface area contributed by atoms with Gasteiger partial charge in [0.15, 0.2) is 11.6 Å². The van der Waals surface area contributed by atoms with Crippen LogP contribution in [0.15, 0.2) is 59.6 Å². The number of nitrogens with one attached hydrogen (secondary N) is 2. The highest BCUT2D eigenvalue weighted by atomic mass is 19.4. The highest BCUT2D eigenvalue weighted by molar-refractivity contribution is 6.41. The molecule has 0 spiro atoms. The predicted molar refractivity (Wildman–Crippen MR) is 138 cm³/mol. The Morgan fingerprint density at radius 1 is 1.00 bits per heavy atom. The molecule has 12 heteroatoms. The average molecular weight is 537 g/mol. The summed E-state index contributed by atoms with van der Waals surface area (Å²) in [6.07, 6.45) is -1.84. The number of aromatic nitrogens is 2. The van der Waals surface area contributed by atoms with Crippen molar-refractivity contribution in [2.45, 2.75) is 19.0 Å². The summed E-state index contributed by atoms with van der Waals surface area (Å²) < 4.78 is 46.8. The van der Waals surface area contributed by atoms with Gasteiger partial charge in [0, 0.05) is 31.1 Å². The molecule has 0 aliphatic carbocycles. The average Bonchev–Trinajstić information content (AvgIpc) is 3.32. The first-order valence-corrected chi connectivity index (χ1v) is 12.1. The Kier molecular flexibility index (Phi) is 7.11. The maximum absolute atomic E-state index is 13.7. The van der Waals surface area contributed by atoms with Gasteiger partial charge in [0.2, 0.25) is 0 Å². The van der Waals surface area contributed by atoms with E-state index in [1.54, 1.807) is 30.3 Å². The number of aliphatic imine (C=N–C) groups is 1. The van der Waals surface area contributed by atoms with Gasteiger partial charge in [-0.25, -0.2) is 15.0 Å². The number of hydrogen-bond donors (Lipinski definition) is 3. The number of benzene rings is 2. The Bertz CT molecular complexity index is 1500. The molecule has 0 radical (unpaired) electrons. The van der Waals surface area contributed by atoms with Crippen molar-refractivity contribution < 1.29 is 27.5 Å². The number of alkyl halides is 3. The van der Waals surface area contributed by atoms with Crippen molar-refractivity contribution in [2.75, 3.05) is 19.6 Å². The minimum atomic E-state index is -4.49. The molecule has 200 valence electrons. The molecule has 1 fully saturated rings. The lowest BCUT2D eigenvalue weighted by Gasteiger charge is -2.20. The smallest absolute Gasteiger partial charge is 0.417 e. The van der Waals surface area contributed by atoms with Crippen molar-refractivity contribution in [1.82, 2.24) is 20.6 Å². The summed E-state index contributed by atoms with van der Waals surface area (Å²) in [7, 11) is 0. The zero-order valence-electron chi connectivity index (χ0n) is 20.5. The Morgan fingerprint density at radius 2 is 1.77 bits per heavy atom. The molecule has 39 heavy (non-hydrogen) atoms. The second-order valence-corrected chi connectivity index (χ2v) is 8.88. The van der Waals surface area contributed by atoms with E-state index in [2.05, 4.69) is 25.6 Å². The minimum absolute atomic E-state index is 0.0671. The van der Waals surface area contributed by atoms with Gasteiger partial charge >= 0.3 is 6.18 Å². The first-order valence-electron chi connectivity index (χ1n) is 12.1. The number of ether oxygens (including phenoxy) is 1. The third kappa shape index (κ3) is 5.96. The largest absolute Gasteiger partial charge is 0.457 e. The second kappa shape index (κ2) is 10.7. The van der Waals surface area contributed by atoms with E-state index in [-0.39, 0.29) is 40.3 Å². The van der Waals surface area contributed by atoms with E-state index in [1.165, 1.54) is 18.2 Å². The molecule has 0 saturated carbocycles. The van der Waals surface area contributed by atoms with E-state index in [0.717, 1.165) is 6.07 Å². The van der Waals surface area contributed by atoms with Crippen LogP contribution in [0, 0.1) is 0 Å². The number of nitrogens with two attached hydrogens (primary N) is 1. The molecular formula is C27H23F3N6O3. The fourth-order valence-electron chi connectivity index (χ4n) is 4.28. The van der Waals surface area contributed by atoms with Crippen LogP contribution in [0.25, 0.3) is 17.0 Å². The number of carbonyl (C=O) groups excluding carboxylic acids is 2. The van der Waals surface area contributed by atoms with Crippen LogP contribution in [-0.2, 0) is 11.0 Å². The van der Waals surface area contributed by atoms with Crippen LogP contribution in [0.3, 0.4) is 0 Å². The summed E-state index contributed by atoms with van der Waals surface area (Å²) in [6, 6.07) is 11.5. The highest BCUT2D eigenvalue weighted by Crippen LogP contribution is 2.39. The summed E-state index contributed by atoms with van der Waals surface area (Å²) in [4.78, 5) is 36.5. The minimum Gasteiger partial charge on any atom is -0.457 e. The van der Waals surface area contributed by atoms with Crippen molar-refractivity contribution in [1.29, 1.82) is 0 Å². The number of halogens is 3. The Labute approximate surface area is 221 Å². The normalized spacial score (nSPS) is 16.6. The summed E-state index contributed by atoms with van der Waals surface area (Å²) >= 11 is 0. The first kappa shape index (κ1) is 26.0. The van der Waals surface area contributed by atoms with Gasteiger partial charge in [0.05, 0.1) is 5.56 Å². The van der Waals surface area contributed by atoms with Crippen molar-refractivity contribution in [3.63, 3.8) is 0 Å². The molecule has 5 rings (SSSR count). The third-order valence-electron chi connectivity index (χ3n) is 6.18. The molecule has 0 atom stereocenters. The van der Waals surface area contributed by atoms with Gasteiger partial charge in [-0.1, -0.05) is 6.08 Å². The number of carbonyl (C=O) groups is 2. The van der Waals surface area contributed by atoms with Crippen LogP contribution in [0.1, 0.15) is 34.5 Å². The second-order valence-electron chi connectivity index (χ2n) is 8.88. The Hall–Kier alpha value is -4.58. The van der Waals surface area contributed by atoms with Crippen molar-refractivity contribution in [3.05, 3.63) is 71.4 Å². The standard InChI is InChI=1S/C27H23F3N6O3/c28-27(29,30)20-6-5-18(13-19(20)15-7-10-32-11-8-15)39-17-3-1-16(2-4-17)25-35-22(24(31)37)14-23(36-25)34-21-9-12-33-26(21)38/h1-7,13-14,32H,8-12H2,(H2,31,37)(H,33,38). The van der Waals surface area contributed by atoms with E-state index >= 15 is 0 Å². The van der Waals surface area contributed by atoms with E-state index in [1.807, 2.05) is 0 Å². The van der Waals surface area contributed by atoms with Crippen molar-refractivity contribution in [3.8, 4) is 22.9 Å². The summed E-state index contributed by atoms with van der Waals surface area (Å²) in [5.74, 6) is -0.183. The van der Waals surface area contributed by atoms with Gasteiger partial charge in [0.1, 0.15) is 22.9 Å². The maximum atomic E-state index is 13.7. The van der Waals surface area contributed by atoms with Crippen LogP contribution in [-0.4, -0.2) is 47.1 Å². The molecule has 2 amide bonds. The number of primary amides is 1. The van der Waals surface area contributed by atoms with Crippen molar-refractivity contribution in [2.24, 2.45) is 10.7 Å². The van der Waals surface area contributed by atoms with E-state index in [0.29, 0.717) is 49.4 Å². The molecule has 3 heterocycles. The number of amides is 2. The summed E-state index contributed by atoms with van der Waals surface area (Å²) in [5.41, 5.74) is 6.16. The van der Waals surface area contributed by atoms with Gasteiger partial charge in [0.25, 0.3) is 11.8 Å². The van der Waals surface area contributed by atoms with E-state index < -0.39 is 17.6 Å². The van der Waals surface area contributed by atoms with Gasteiger partial charge < -0.3 is 21.1 Å². The zero-order chi connectivity index (χ0) is 27.6. The lowest BCUT2D eigenvalue weighted by Crippen LogP contribution is -2.21. The number of hydrogen-bond acceptors (Lipinski definition) is 7. The number of rotatable bonds is 6. The molecular weight excluding hydrogens is 513 g/mol. The molecule has 0 bridgehead atoms. The topological polar surface area (TPSA) is 132 Å². The lowest BCUT2D eigenvalue weighted by molar-refractivity contribution is -0.137. The third-order valence-corrected chi connectivity index (χ3v) is 6.18. The molecule has 2 aliphatic rings. The Balaban J connectivity index is 1.42. The molecule has 0 unspecified atom stereocenters. The number of nitrogens with zero attached hydrogens (tertiary/aromatic N) is 3. The van der Waals surface area contributed by atoms with E-state index in [9.17, 15) is 22.8 Å². The maximum Gasteiger partial charge on any atom is 0.417 e. The van der Waals surface area contributed by atoms with Crippen LogP contribution in [0.5, 0.6) is 11.5 Å². The summed E-state index contributed by atoms with van der Waals surface area (Å²) in [6.45, 7) is 1.56. The highest BCUT2D eigenvalue weighted by Gasteiger charge is 2.34. The Morgan fingerprint density at radius 3 is 2.41 bits per heavy atom. The lowest BCUT2D eigenvalue weighted by atomic mass is 9.95. The molecule has 2 aliphatic heterocycles. The molecule has 1 aromatic heterocycles. The van der Waals surface area contributed by atoms with Gasteiger partial charge in [-0.2, -0.15) is 13.2 Å². The van der Waals surface area contributed by atoms with Crippen LogP contribution < -0.4 is 21.1 Å². The zero-order valence-corrected chi connectivity index (χ0v) is 20.5. The van der Waals surface area contributed by atoms with Crippen LogP contribution in [0.2, 0.25) is 0 Å². The van der Waals surface area contributed by atoms with Gasteiger partial charge in [-0.3, -0.25) is 9.59 Å². The predicted octanol–water partition coefficient (Wildman–Crippen LogP) is 4.02. The first-order chi connectivity index (χ1) is 18.7. The van der Waals surface area contributed by atoms with Crippen LogP contribution >= 0.6 is 0 Å². The van der Waals surface area contributed by atoms with Crippen molar-refractivity contribution >= 4 is 28.9 Å². The fourth-order valence-corrected chi connectivity index (χ4v) is 4.28. The monoisotopic (exact) mass is 536 g/mol. The molecule has 3 aromatic rings. The summed E-state index contributed by atoms with van der Waals surface area (Å²) in [5, 5.41) is 5.75. The van der Waals surface area contributed by atoms with Gasteiger partial charge in [-0.05, 0) is 66.6 Å².